The Hall–Kier alpha value is -2.46. The number of aromatic nitrogens is 1. The zero-order valence-corrected chi connectivity index (χ0v) is 17.2. The summed E-state index contributed by atoms with van der Waals surface area (Å²) in [5, 5.41) is 1.18. The molecule has 1 fully saturated rings. The summed E-state index contributed by atoms with van der Waals surface area (Å²) in [5.41, 5.74) is 9.45. The van der Waals surface area contributed by atoms with Crippen molar-refractivity contribution in [2.24, 2.45) is 11.7 Å². The fraction of sp³-hybridized carbons (Fsp3) is 0.400. The summed E-state index contributed by atoms with van der Waals surface area (Å²) in [6.45, 7) is 2.20. The first kappa shape index (κ1) is 19.8. The average Bonchev–Trinajstić information content (AvgIpc) is 3.58. The molecule has 3 aromatic rings. The summed E-state index contributed by atoms with van der Waals surface area (Å²) in [4.78, 5) is 4.47. The molecular weight excluding hydrogens is 363 g/mol. The molecule has 0 spiro atoms. The van der Waals surface area contributed by atoms with Gasteiger partial charge in [0.1, 0.15) is 11.6 Å². The maximum Gasteiger partial charge on any atom is 0.123 e. The zero-order valence-electron chi connectivity index (χ0n) is 17.2. The second-order valence-corrected chi connectivity index (χ2v) is 8.60. The highest BCUT2D eigenvalue weighted by Gasteiger charge is 2.37. The Morgan fingerprint density at radius 2 is 2.00 bits per heavy atom. The van der Waals surface area contributed by atoms with E-state index in [1.807, 2.05) is 24.4 Å². The van der Waals surface area contributed by atoms with Crippen molar-refractivity contribution in [2.45, 2.75) is 50.5 Å². The Labute approximate surface area is 172 Å². The number of hydrogen-bond donors (Lipinski definition) is 1. The second-order valence-electron chi connectivity index (χ2n) is 8.60. The molecule has 2 unspecified atom stereocenters. The molecule has 0 amide bonds. The Bertz CT molecular complexity index is 996. The third kappa shape index (κ3) is 4.27. The van der Waals surface area contributed by atoms with Crippen LogP contribution in [0.5, 0.6) is 5.75 Å². The van der Waals surface area contributed by atoms with Crippen molar-refractivity contribution < 1.29 is 9.13 Å². The fourth-order valence-corrected chi connectivity index (χ4v) is 4.49. The number of methoxy groups -OCH3 is 1. The minimum atomic E-state index is -0.278. The first-order chi connectivity index (χ1) is 14.0. The molecule has 0 aliphatic heterocycles. The maximum atomic E-state index is 14.2. The number of aryl methyl sites for hydroxylation is 1. The fourth-order valence-electron chi connectivity index (χ4n) is 4.49. The number of ether oxygens (including phenoxy) is 1. The van der Waals surface area contributed by atoms with Gasteiger partial charge in [0.2, 0.25) is 0 Å². The largest absolute Gasteiger partial charge is 0.496 e. The van der Waals surface area contributed by atoms with Gasteiger partial charge in [0.25, 0.3) is 0 Å². The smallest absolute Gasteiger partial charge is 0.123 e. The molecule has 3 nitrogen and oxygen atoms in total. The molecular formula is C25H29FN2O. The van der Waals surface area contributed by atoms with Gasteiger partial charge < -0.3 is 10.5 Å². The minimum absolute atomic E-state index is 0.127. The van der Waals surface area contributed by atoms with E-state index < -0.39 is 0 Å². The third-order valence-electron chi connectivity index (χ3n) is 6.41. The van der Waals surface area contributed by atoms with Gasteiger partial charge in [-0.25, -0.2) is 4.39 Å². The number of benzene rings is 2. The van der Waals surface area contributed by atoms with E-state index in [2.05, 4.69) is 24.0 Å². The molecule has 4 rings (SSSR count). The van der Waals surface area contributed by atoms with Gasteiger partial charge in [0.15, 0.2) is 0 Å². The SMILES string of the molecule is COc1ccc(F)cc1C(C)(CCc1ccnc2ccccc12)CC(N)C1CC1. The molecule has 1 saturated carbocycles. The normalized spacial score (nSPS) is 17.1. The standard InChI is InChI=1S/C25H29FN2O/c1-25(16-22(27)18-7-8-18,21-15-19(26)9-10-24(21)29-2)13-11-17-12-14-28-23-6-4-3-5-20(17)23/h3-6,9-10,12,14-15,18,22H,7-8,11,13,16,27H2,1-2H3. The highest BCUT2D eigenvalue weighted by molar-refractivity contribution is 5.81. The summed E-state index contributed by atoms with van der Waals surface area (Å²) >= 11 is 0. The number of pyridine rings is 1. The molecule has 0 bridgehead atoms. The van der Waals surface area contributed by atoms with Crippen LogP contribution in [-0.2, 0) is 11.8 Å². The van der Waals surface area contributed by atoms with Crippen LogP contribution in [0.4, 0.5) is 4.39 Å². The number of rotatable bonds is 8. The van der Waals surface area contributed by atoms with Crippen molar-refractivity contribution in [3.63, 3.8) is 0 Å². The molecule has 0 saturated heterocycles. The van der Waals surface area contributed by atoms with E-state index in [1.165, 1.54) is 29.9 Å². The number of halogens is 1. The van der Waals surface area contributed by atoms with Crippen molar-refractivity contribution in [2.75, 3.05) is 7.11 Å². The molecule has 2 atom stereocenters. The lowest BCUT2D eigenvalue weighted by molar-refractivity contribution is 0.325. The first-order valence-electron chi connectivity index (χ1n) is 10.4. The Morgan fingerprint density at radius 1 is 1.21 bits per heavy atom. The lowest BCUT2D eigenvalue weighted by Gasteiger charge is -2.34. The molecule has 152 valence electrons. The van der Waals surface area contributed by atoms with E-state index in [0.717, 1.165) is 36.1 Å². The van der Waals surface area contributed by atoms with Crippen molar-refractivity contribution in [3.8, 4) is 5.75 Å². The van der Waals surface area contributed by atoms with Crippen LogP contribution in [-0.4, -0.2) is 18.1 Å². The summed E-state index contributed by atoms with van der Waals surface area (Å²) in [7, 11) is 1.65. The molecule has 0 radical (unpaired) electrons. The lowest BCUT2D eigenvalue weighted by Crippen LogP contribution is -2.35. The summed E-state index contributed by atoms with van der Waals surface area (Å²) < 4.78 is 19.8. The van der Waals surface area contributed by atoms with Crippen LogP contribution in [0, 0.1) is 11.7 Å². The Morgan fingerprint density at radius 3 is 2.76 bits per heavy atom. The quantitative estimate of drug-likeness (QED) is 0.558. The average molecular weight is 393 g/mol. The van der Waals surface area contributed by atoms with Gasteiger partial charge in [0, 0.05) is 23.2 Å². The van der Waals surface area contributed by atoms with Crippen LogP contribution in [0.2, 0.25) is 0 Å². The number of fused-ring (bicyclic) bond motifs is 1. The van der Waals surface area contributed by atoms with E-state index in [-0.39, 0.29) is 17.3 Å². The molecule has 2 aromatic carbocycles. The van der Waals surface area contributed by atoms with Crippen molar-refractivity contribution in [3.05, 3.63) is 71.7 Å². The summed E-state index contributed by atoms with van der Waals surface area (Å²) in [5.74, 6) is 1.09. The summed E-state index contributed by atoms with van der Waals surface area (Å²) in [6, 6.07) is 15.2. The first-order valence-corrected chi connectivity index (χ1v) is 10.4. The van der Waals surface area contributed by atoms with Crippen LogP contribution in [0.25, 0.3) is 10.9 Å². The number of hydrogen-bond acceptors (Lipinski definition) is 3. The van der Waals surface area contributed by atoms with E-state index in [9.17, 15) is 4.39 Å². The topological polar surface area (TPSA) is 48.1 Å². The lowest BCUT2D eigenvalue weighted by atomic mass is 9.72. The molecule has 1 aliphatic rings. The molecule has 29 heavy (non-hydrogen) atoms. The highest BCUT2D eigenvalue weighted by atomic mass is 19.1. The van der Waals surface area contributed by atoms with Gasteiger partial charge in [0.05, 0.1) is 12.6 Å². The minimum Gasteiger partial charge on any atom is -0.496 e. The van der Waals surface area contributed by atoms with Crippen molar-refractivity contribution in [1.82, 2.24) is 4.98 Å². The van der Waals surface area contributed by atoms with Gasteiger partial charge in [-0.15, -0.1) is 0 Å². The molecule has 1 aromatic heterocycles. The summed E-state index contributed by atoms with van der Waals surface area (Å²) in [6.07, 6.45) is 6.82. The van der Waals surface area contributed by atoms with Crippen LogP contribution in [0.3, 0.4) is 0 Å². The van der Waals surface area contributed by atoms with Crippen molar-refractivity contribution >= 4 is 10.9 Å². The van der Waals surface area contributed by atoms with E-state index >= 15 is 0 Å². The van der Waals surface area contributed by atoms with E-state index in [1.54, 1.807) is 19.2 Å². The van der Waals surface area contributed by atoms with Gasteiger partial charge in [-0.3, -0.25) is 4.98 Å². The molecule has 4 heteroatoms. The predicted octanol–water partition coefficient (Wildman–Crippen LogP) is 5.40. The maximum absolute atomic E-state index is 14.2. The number of nitrogens with two attached hydrogens (primary N) is 1. The third-order valence-corrected chi connectivity index (χ3v) is 6.41. The second kappa shape index (κ2) is 8.11. The van der Waals surface area contributed by atoms with Crippen LogP contribution >= 0.6 is 0 Å². The van der Waals surface area contributed by atoms with Crippen LogP contribution < -0.4 is 10.5 Å². The Kier molecular flexibility index (Phi) is 5.55. The van der Waals surface area contributed by atoms with Crippen molar-refractivity contribution in [1.29, 1.82) is 0 Å². The van der Waals surface area contributed by atoms with Gasteiger partial charge in [-0.1, -0.05) is 25.1 Å². The molecule has 2 N–H and O–H groups in total. The molecule has 1 heterocycles. The van der Waals surface area contributed by atoms with E-state index in [0.29, 0.717) is 5.92 Å². The zero-order chi connectivity index (χ0) is 20.4. The van der Waals surface area contributed by atoms with Gasteiger partial charge >= 0.3 is 0 Å². The highest BCUT2D eigenvalue weighted by Crippen LogP contribution is 2.43. The predicted molar refractivity (Wildman–Crippen MR) is 116 cm³/mol. The van der Waals surface area contributed by atoms with Gasteiger partial charge in [-0.05, 0) is 79.3 Å². The number of para-hydroxylation sites is 1. The Balaban J connectivity index is 1.68. The number of nitrogens with zero attached hydrogens (tertiary/aromatic N) is 1. The van der Waals surface area contributed by atoms with E-state index in [4.69, 9.17) is 10.5 Å². The van der Waals surface area contributed by atoms with Crippen LogP contribution in [0.15, 0.2) is 54.7 Å². The van der Waals surface area contributed by atoms with Gasteiger partial charge in [-0.2, -0.15) is 0 Å². The molecule has 1 aliphatic carbocycles. The monoisotopic (exact) mass is 392 g/mol. The van der Waals surface area contributed by atoms with Crippen LogP contribution in [0.1, 0.15) is 43.7 Å².